The van der Waals surface area contributed by atoms with Crippen LogP contribution in [0.4, 0.5) is 4.39 Å². The summed E-state index contributed by atoms with van der Waals surface area (Å²) in [5.74, 6) is -1.78. The molecule has 0 atom stereocenters. The fourth-order valence-electron chi connectivity index (χ4n) is 2.32. The van der Waals surface area contributed by atoms with Gasteiger partial charge in [-0.3, -0.25) is 4.79 Å². The Balaban J connectivity index is 2.27. The first-order valence-electron chi connectivity index (χ1n) is 6.86. The lowest BCUT2D eigenvalue weighted by molar-refractivity contribution is -0.144. The van der Waals surface area contributed by atoms with Crippen molar-refractivity contribution in [2.24, 2.45) is 0 Å². The lowest BCUT2D eigenvalue weighted by atomic mass is 10.1. The average Bonchev–Trinajstić information content (AvgIpc) is 2.90. The van der Waals surface area contributed by atoms with Crippen molar-refractivity contribution in [3.05, 3.63) is 40.2 Å². The van der Waals surface area contributed by atoms with E-state index in [4.69, 9.17) is 16.3 Å². The zero-order valence-corrected chi connectivity index (χ0v) is 12.5. The van der Waals surface area contributed by atoms with Gasteiger partial charge >= 0.3 is 5.97 Å². The highest BCUT2D eigenvalue weighted by Gasteiger charge is 2.24. The molecule has 0 spiro atoms. The van der Waals surface area contributed by atoms with Gasteiger partial charge in [0.1, 0.15) is 17.5 Å². The number of hydrogen-bond acceptors (Lipinski definition) is 3. The maximum atomic E-state index is 13.8. The van der Waals surface area contributed by atoms with E-state index in [-0.39, 0.29) is 22.3 Å². The van der Waals surface area contributed by atoms with Crippen LogP contribution in [0.2, 0.25) is 5.02 Å². The second kappa shape index (κ2) is 6.85. The van der Waals surface area contributed by atoms with Gasteiger partial charge in [-0.05, 0) is 50.8 Å². The summed E-state index contributed by atoms with van der Waals surface area (Å²) in [4.78, 5) is 23.7. The van der Waals surface area contributed by atoms with E-state index >= 15 is 0 Å². The molecular formula is C16H16ClFO3. The Morgan fingerprint density at radius 2 is 2.00 bits per heavy atom. The second-order valence-electron chi connectivity index (χ2n) is 5.06. The molecule has 0 amide bonds. The number of ether oxygens (including phenoxy) is 1. The molecule has 1 aromatic carbocycles. The van der Waals surface area contributed by atoms with E-state index in [9.17, 15) is 14.0 Å². The first-order valence-corrected chi connectivity index (χ1v) is 7.24. The molecule has 0 saturated heterocycles. The summed E-state index contributed by atoms with van der Waals surface area (Å²) in [5.41, 5.74) is -0.165. The third-order valence-electron chi connectivity index (χ3n) is 3.46. The molecule has 0 radical (unpaired) electrons. The van der Waals surface area contributed by atoms with Crippen molar-refractivity contribution in [2.45, 2.75) is 38.7 Å². The molecule has 112 valence electrons. The highest BCUT2D eigenvalue weighted by Crippen LogP contribution is 2.25. The maximum absolute atomic E-state index is 13.8. The third-order valence-corrected chi connectivity index (χ3v) is 3.79. The van der Waals surface area contributed by atoms with Gasteiger partial charge in [0, 0.05) is 5.56 Å². The minimum Gasteiger partial charge on any atom is -0.459 e. The predicted molar refractivity (Wildman–Crippen MR) is 78.4 cm³/mol. The molecule has 2 rings (SSSR count). The molecule has 0 aromatic heterocycles. The van der Waals surface area contributed by atoms with Crippen molar-refractivity contribution in [1.29, 1.82) is 0 Å². The lowest BCUT2D eigenvalue weighted by Gasteiger charge is -2.12. The summed E-state index contributed by atoms with van der Waals surface area (Å²) in [6, 6.07) is 4.17. The minimum absolute atomic E-state index is 0.0211. The standard InChI is InChI=1S/C16H16ClFO3/c1-10(19)12(16(20)21-11-5-2-3-6-11)9-13-14(17)7-4-8-15(13)18/h4,7-9,11H,2-3,5-6H2,1H3. The predicted octanol–water partition coefficient (Wildman–Crippen LogP) is 3.94. The van der Waals surface area contributed by atoms with Crippen molar-refractivity contribution >= 4 is 29.4 Å². The fraction of sp³-hybridized carbons (Fsp3) is 0.375. The van der Waals surface area contributed by atoms with Gasteiger partial charge < -0.3 is 4.74 Å². The zero-order chi connectivity index (χ0) is 15.4. The van der Waals surface area contributed by atoms with E-state index in [1.165, 1.54) is 25.1 Å². The van der Waals surface area contributed by atoms with Crippen LogP contribution in [-0.4, -0.2) is 17.9 Å². The van der Waals surface area contributed by atoms with Gasteiger partial charge in [0.2, 0.25) is 0 Å². The van der Waals surface area contributed by atoms with E-state index < -0.39 is 17.6 Å². The van der Waals surface area contributed by atoms with E-state index in [0.29, 0.717) is 0 Å². The van der Waals surface area contributed by atoms with Crippen LogP contribution in [0.1, 0.15) is 38.2 Å². The lowest BCUT2D eigenvalue weighted by Crippen LogP contribution is -2.19. The highest BCUT2D eigenvalue weighted by molar-refractivity contribution is 6.32. The van der Waals surface area contributed by atoms with Crippen LogP contribution in [0.15, 0.2) is 23.8 Å². The van der Waals surface area contributed by atoms with Crippen LogP contribution < -0.4 is 0 Å². The highest BCUT2D eigenvalue weighted by atomic mass is 35.5. The summed E-state index contributed by atoms with van der Waals surface area (Å²) in [5, 5.41) is 0.141. The summed E-state index contributed by atoms with van der Waals surface area (Å²) < 4.78 is 19.0. The Morgan fingerprint density at radius 3 is 2.57 bits per heavy atom. The summed E-state index contributed by atoms with van der Waals surface area (Å²) in [6.45, 7) is 1.25. The SMILES string of the molecule is CC(=O)C(=Cc1c(F)cccc1Cl)C(=O)OC1CCCC1. The van der Waals surface area contributed by atoms with Crippen molar-refractivity contribution in [3.8, 4) is 0 Å². The topological polar surface area (TPSA) is 43.4 Å². The van der Waals surface area contributed by atoms with E-state index in [1.807, 2.05) is 0 Å². The summed E-state index contributed by atoms with van der Waals surface area (Å²) in [6.07, 6.45) is 4.63. The fourth-order valence-corrected chi connectivity index (χ4v) is 2.54. The molecule has 1 aromatic rings. The largest absolute Gasteiger partial charge is 0.459 e. The number of rotatable bonds is 4. The molecular weight excluding hydrogens is 295 g/mol. The maximum Gasteiger partial charge on any atom is 0.342 e. The smallest absolute Gasteiger partial charge is 0.342 e. The van der Waals surface area contributed by atoms with E-state index in [1.54, 1.807) is 0 Å². The van der Waals surface area contributed by atoms with Gasteiger partial charge in [-0.2, -0.15) is 0 Å². The summed E-state index contributed by atoms with van der Waals surface area (Å²) in [7, 11) is 0. The molecule has 3 nitrogen and oxygen atoms in total. The number of hydrogen-bond donors (Lipinski definition) is 0. The number of Topliss-reactive ketones (excluding diaryl/α,β-unsaturated/α-hetero) is 1. The number of carbonyl (C=O) groups excluding carboxylic acids is 2. The van der Waals surface area contributed by atoms with Gasteiger partial charge in [0.25, 0.3) is 0 Å². The Labute approximate surface area is 127 Å². The van der Waals surface area contributed by atoms with Gasteiger partial charge in [0.05, 0.1) is 5.02 Å². The average molecular weight is 311 g/mol. The van der Waals surface area contributed by atoms with Gasteiger partial charge in [-0.25, -0.2) is 9.18 Å². The number of esters is 1. The molecule has 0 bridgehead atoms. The molecule has 0 N–H and O–H groups in total. The molecule has 21 heavy (non-hydrogen) atoms. The first kappa shape index (κ1) is 15.7. The number of carbonyl (C=O) groups is 2. The van der Waals surface area contributed by atoms with Crippen LogP contribution in [-0.2, 0) is 14.3 Å². The quantitative estimate of drug-likeness (QED) is 0.366. The number of halogens is 2. The molecule has 0 unspecified atom stereocenters. The van der Waals surface area contributed by atoms with Gasteiger partial charge in [-0.15, -0.1) is 0 Å². The Kier molecular flexibility index (Phi) is 5.12. The summed E-state index contributed by atoms with van der Waals surface area (Å²) >= 11 is 5.91. The molecule has 1 saturated carbocycles. The van der Waals surface area contributed by atoms with Gasteiger partial charge in [-0.1, -0.05) is 17.7 Å². The Hall–Kier alpha value is -1.68. The first-order chi connectivity index (χ1) is 9.99. The molecule has 0 aliphatic heterocycles. The van der Waals surface area contributed by atoms with Crippen LogP contribution in [0.3, 0.4) is 0 Å². The van der Waals surface area contributed by atoms with Crippen molar-refractivity contribution in [3.63, 3.8) is 0 Å². The molecule has 5 heteroatoms. The van der Waals surface area contributed by atoms with E-state index in [2.05, 4.69) is 0 Å². The molecule has 1 aliphatic rings. The van der Waals surface area contributed by atoms with Crippen LogP contribution >= 0.6 is 11.6 Å². The van der Waals surface area contributed by atoms with Crippen LogP contribution in [0.5, 0.6) is 0 Å². The Bertz CT molecular complexity index is 569. The normalized spacial score (nSPS) is 16.0. The number of ketones is 1. The third kappa shape index (κ3) is 3.91. The van der Waals surface area contributed by atoms with Crippen molar-refractivity contribution in [2.75, 3.05) is 0 Å². The van der Waals surface area contributed by atoms with E-state index in [0.717, 1.165) is 31.8 Å². The molecule has 0 heterocycles. The van der Waals surface area contributed by atoms with Gasteiger partial charge in [0.15, 0.2) is 5.78 Å². The molecule has 1 aliphatic carbocycles. The molecule has 1 fully saturated rings. The minimum atomic E-state index is -0.714. The second-order valence-corrected chi connectivity index (χ2v) is 5.47. The zero-order valence-electron chi connectivity index (χ0n) is 11.7. The van der Waals surface area contributed by atoms with Crippen molar-refractivity contribution < 1.29 is 18.7 Å². The van der Waals surface area contributed by atoms with Crippen LogP contribution in [0.25, 0.3) is 6.08 Å². The van der Waals surface area contributed by atoms with Crippen LogP contribution in [0, 0.1) is 5.82 Å². The monoisotopic (exact) mass is 310 g/mol. The van der Waals surface area contributed by atoms with Crippen molar-refractivity contribution in [1.82, 2.24) is 0 Å². The Morgan fingerprint density at radius 1 is 1.33 bits per heavy atom. The number of benzene rings is 1.